The number of nitrogens with zero attached hydrogens (tertiary/aromatic N) is 1. The van der Waals surface area contributed by atoms with Crippen molar-refractivity contribution in [1.29, 1.82) is 0 Å². The van der Waals surface area contributed by atoms with Crippen molar-refractivity contribution in [3.05, 3.63) is 35.4 Å². The van der Waals surface area contributed by atoms with Crippen molar-refractivity contribution in [3.8, 4) is 0 Å². The molecule has 1 saturated carbocycles. The van der Waals surface area contributed by atoms with Crippen LogP contribution < -0.4 is 0 Å². The molecule has 0 saturated heterocycles. The number of carbonyl (C=O) groups is 1. The van der Waals surface area contributed by atoms with Crippen molar-refractivity contribution >= 4 is 5.91 Å². The maximum atomic E-state index is 12.0. The third kappa shape index (κ3) is 1.14. The number of benzene rings is 1. The first-order chi connectivity index (χ1) is 6.86. The van der Waals surface area contributed by atoms with Crippen LogP contribution >= 0.6 is 0 Å². The van der Waals surface area contributed by atoms with Crippen molar-refractivity contribution in [2.24, 2.45) is 0 Å². The molecule has 1 fully saturated rings. The van der Waals surface area contributed by atoms with Crippen molar-refractivity contribution in [1.82, 2.24) is 4.90 Å². The van der Waals surface area contributed by atoms with Gasteiger partial charge in [0.05, 0.1) is 0 Å². The van der Waals surface area contributed by atoms with E-state index in [1.165, 1.54) is 18.4 Å². The summed E-state index contributed by atoms with van der Waals surface area (Å²) in [5.74, 6) is 0.245. The molecule has 1 heterocycles. The lowest BCUT2D eigenvalue weighted by molar-refractivity contribution is 0.0727. The molecule has 0 bridgehead atoms. The number of fused-ring (bicyclic) bond motifs is 1. The van der Waals surface area contributed by atoms with Crippen molar-refractivity contribution in [2.75, 3.05) is 6.54 Å². The third-order valence-corrected chi connectivity index (χ3v) is 3.12. The molecule has 1 amide bonds. The van der Waals surface area contributed by atoms with Gasteiger partial charge < -0.3 is 4.90 Å². The van der Waals surface area contributed by atoms with Gasteiger partial charge in [0.15, 0.2) is 0 Å². The molecule has 1 aromatic rings. The smallest absolute Gasteiger partial charge is 0.254 e. The topological polar surface area (TPSA) is 20.3 Å². The minimum atomic E-state index is 0.245. The van der Waals surface area contributed by atoms with E-state index in [0.29, 0.717) is 6.04 Å². The van der Waals surface area contributed by atoms with E-state index in [1.54, 1.807) is 0 Å². The molecule has 0 radical (unpaired) electrons. The Labute approximate surface area is 83.5 Å². The second kappa shape index (κ2) is 2.84. The lowest BCUT2D eigenvalue weighted by Crippen LogP contribution is -2.39. The van der Waals surface area contributed by atoms with E-state index in [-0.39, 0.29) is 5.91 Å². The quantitative estimate of drug-likeness (QED) is 0.657. The van der Waals surface area contributed by atoms with Crippen molar-refractivity contribution in [2.45, 2.75) is 25.3 Å². The lowest BCUT2D eigenvalue weighted by atomic mass is 9.99. The Morgan fingerprint density at radius 2 is 2.00 bits per heavy atom. The van der Waals surface area contributed by atoms with Gasteiger partial charge >= 0.3 is 0 Å². The number of carbonyl (C=O) groups excluding carboxylic acids is 1. The summed E-state index contributed by atoms with van der Waals surface area (Å²) >= 11 is 0. The van der Waals surface area contributed by atoms with Crippen molar-refractivity contribution in [3.63, 3.8) is 0 Å². The van der Waals surface area contributed by atoms with Crippen molar-refractivity contribution < 1.29 is 4.79 Å². The van der Waals surface area contributed by atoms with Gasteiger partial charge in [-0.15, -0.1) is 0 Å². The molecule has 0 N–H and O–H groups in total. The SMILES string of the molecule is O=C1c2ccccc2CCN1C1CC1. The molecule has 72 valence electrons. The van der Waals surface area contributed by atoms with Crippen LogP contribution in [-0.2, 0) is 6.42 Å². The summed E-state index contributed by atoms with van der Waals surface area (Å²) < 4.78 is 0. The van der Waals surface area contributed by atoms with E-state index in [9.17, 15) is 4.79 Å². The lowest BCUT2D eigenvalue weighted by Gasteiger charge is -2.28. The average molecular weight is 187 g/mol. The molecular formula is C12H13NO. The number of rotatable bonds is 1. The van der Waals surface area contributed by atoms with Gasteiger partial charge in [0, 0.05) is 18.2 Å². The molecule has 2 aliphatic rings. The van der Waals surface area contributed by atoms with Crippen LogP contribution in [0.15, 0.2) is 24.3 Å². The summed E-state index contributed by atoms with van der Waals surface area (Å²) in [4.78, 5) is 14.1. The fourth-order valence-electron chi connectivity index (χ4n) is 2.18. The van der Waals surface area contributed by atoms with E-state index in [1.807, 2.05) is 23.1 Å². The molecule has 14 heavy (non-hydrogen) atoms. The molecule has 3 rings (SSSR count). The minimum absolute atomic E-state index is 0.245. The molecule has 0 spiro atoms. The fourth-order valence-corrected chi connectivity index (χ4v) is 2.18. The Balaban J connectivity index is 1.98. The zero-order valence-electron chi connectivity index (χ0n) is 8.07. The monoisotopic (exact) mass is 187 g/mol. The summed E-state index contributed by atoms with van der Waals surface area (Å²) in [5.41, 5.74) is 2.14. The van der Waals surface area contributed by atoms with E-state index in [0.717, 1.165) is 18.5 Å². The predicted molar refractivity (Wildman–Crippen MR) is 54.2 cm³/mol. The van der Waals surface area contributed by atoms with Gasteiger partial charge in [0.1, 0.15) is 0 Å². The van der Waals surface area contributed by atoms with Gasteiger partial charge in [-0.1, -0.05) is 18.2 Å². The Morgan fingerprint density at radius 3 is 2.79 bits per heavy atom. The highest BCUT2D eigenvalue weighted by Gasteiger charge is 2.35. The molecule has 0 atom stereocenters. The van der Waals surface area contributed by atoms with Gasteiger partial charge in [-0.3, -0.25) is 4.79 Å². The summed E-state index contributed by atoms with van der Waals surface area (Å²) in [7, 11) is 0. The maximum absolute atomic E-state index is 12.0. The molecule has 1 aromatic carbocycles. The Kier molecular flexibility index (Phi) is 1.63. The first-order valence-electron chi connectivity index (χ1n) is 5.25. The molecule has 0 unspecified atom stereocenters. The third-order valence-electron chi connectivity index (χ3n) is 3.12. The molecule has 1 aliphatic carbocycles. The van der Waals surface area contributed by atoms with Gasteiger partial charge in [-0.25, -0.2) is 0 Å². The van der Waals surface area contributed by atoms with Crippen LogP contribution in [0, 0.1) is 0 Å². The first-order valence-corrected chi connectivity index (χ1v) is 5.25. The summed E-state index contributed by atoms with van der Waals surface area (Å²) in [6, 6.07) is 8.53. The molecule has 0 aromatic heterocycles. The average Bonchev–Trinajstić information content (AvgIpc) is 3.03. The second-order valence-corrected chi connectivity index (χ2v) is 4.14. The predicted octanol–water partition coefficient (Wildman–Crippen LogP) is 1.85. The van der Waals surface area contributed by atoms with Crippen LogP contribution in [0.1, 0.15) is 28.8 Å². The van der Waals surface area contributed by atoms with Crippen LogP contribution in [0.2, 0.25) is 0 Å². The Bertz CT molecular complexity index is 382. The normalized spacial score (nSPS) is 20.9. The van der Waals surface area contributed by atoms with Crippen LogP contribution in [0.3, 0.4) is 0 Å². The number of amides is 1. The van der Waals surface area contributed by atoms with E-state index in [4.69, 9.17) is 0 Å². The highest BCUT2D eigenvalue weighted by atomic mass is 16.2. The van der Waals surface area contributed by atoms with Crippen LogP contribution in [0.5, 0.6) is 0 Å². The fraction of sp³-hybridized carbons (Fsp3) is 0.417. The van der Waals surface area contributed by atoms with Gasteiger partial charge in [0.2, 0.25) is 0 Å². The van der Waals surface area contributed by atoms with Gasteiger partial charge in [-0.05, 0) is 30.9 Å². The van der Waals surface area contributed by atoms with E-state index < -0.39 is 0 Å². The zero-order chi connectivity index (χ0) is 9.54. The Morgan fingerprint density at radius 1 is 1.21 bits per heavy atom. The van der Waals surface area contributed by atoms with Crippen LogP contribution in [0.25, 0.3) is 0 Å². The second-order valence-electron chi connectivity index (χ2n) is 4.14. The number of hydrogen-bond acceptors (Lipinski definition) is 1. The number of hydrogen-bond donors (Lipinski definition) is 0. The largest absolute Gasteiger partial charge is 0.335 e. The minimum Gasteiger partial charge on any atom is -0.335 e. The first kappa shape index (κ1) is 8.04. The zero-order valence-corrected chi connectivity index (χ0v) is 8.07. The van der Waals surface area contributed by atoms with Gasteiger partial charge in [0.25, 0.3) is 5.91 Å². The highest BCUT2D eigenvalue weighted by Crippen LogP contribution is 2.31. The molecule has 2 heteroatoms. The molecule has 1 aliphatic heterocycles. The van der Waals surface area contributed by atoms with E-state index >= 15 is 0 Å². The summed E-state index contributed by atoms with van der Waals surface area (Å²) in [6.45, 7) is 0.917. The van der Waals surface area contributed by atoms with E-state index in [2.05, 4.69) is 6.07 Å². The Hall–Kier alpha value is -1.31. The summed E-state index contributed by atoms with van der Waals surface area (Å²) in [6.07, 6.45) is 3.43. The standard InChI is InChI=1S/C12H13NO/c14-12-11-4-2-1-3-9(11)7-8-13(12)10-5-6-10/h1-4,10H,5-8H2. The highest BCUT2D eigenvalue weighted by molar-refractivity contribution is 5.97. The summed E-state index contributed by atoms with van der Waals surface area (Å²) in [5, 5.41) is 0. The van der Waals surface area contributed by atoms with Crippen LogP contribution in [-0.4, -0.2) is 23.4 Å². The molecular weight excluding hydrogens is 174 g/mol. The molecule has 2 nitrogen and oxygen atoms in total. The van der Waals surface area contributed by atoms with Crippen LogP contribution in [0.4, 0.5) is 0 Å². The van der Waals surface area contributed by atoms with Gasteiger partial charge in [-0.2, -0.15) is 0 Å². The maximum Gasteiger partial charge on any atom is 0.254 e.